The summed E-state index contributed by atoms with van der Waals surface area (Å²) in [6.07, 6.45) is 5.92. The summed E-state index contributed by atoms with van der Waals surface area (Å²) < 4.78 is 7.45. The summed E-state index contributed by atoms with van der Waals surface area (Å²) in [5.41, 5.74) is 1.40. The van der Waals surface area contributed by atoms with E-state index in [1.54, 1.807) is 11.8 Å². The lowest BCUT2D eigenvalue weighted by atomic mass is 10.4. The van der Waals surface area contributed by atoms with E-state index in [0.29, 0.717) is 6.61 Å². The van der Waals surface area contributed by atoms with E-state index >= 15 is 0 Å². The molecule has 1 aromatic rings. The van der Waals surface area contributed by atoms with Crippen LogP contribution in [-0.2, 0) is 17.9 Å². The van der Waals surface area contributed by atoms with Crippen molar-refractivity contribution in [2.24, 2.45) is 0 Å². The Kier molecular flexibility index (Phi) is 4.32. The Morgan fingerprint density at radius 3 is 3.00 bits per heavy atom. The van der Waals surface area contributed by atoms with Crippen molar-refractivity contribution < 1.29 is 4.74 Å². The summed E-state index contributed by atoms with van der Waals surface area (Å²) in [6.45, 7) is 5.69. The SMILES string of the molecule is CCn1cc(COC(C)SC)cn1. The second kappa shape index (κ2) is 5.29. The van der Waals surface area contributed by atoms with Crippen LogP contribution in [0.5, 0.6) is 0 Å². The van der Waals surface area contributed by atoms with E-state index in [2.05, 4.69) is 18.9 Å². The molecule has 1 rings (SSSR count). The summed E-state index contributed by atoms with van der Waals surface area (Å²) >= 11 is 1.71. The minimum atomic E-state index is 0.255. The summed E-state index contributed by atoms with van der Waals surface area (Å²) in [6, 6.07) is 0. The van der Waals surface area contributed by atoms with Gasteiger partial charge >= 0.3 is 0 Å². The highest BCUT2D eigenvalue weighted by atomic mass is 32.2. The molecule has 3 nitrogen and oxygen atoms in total. The second-order valence-electron chi connectivity index (χ2n) is 2.82. The van der Waals surface area contributed by atoms with E-state index < -0.39 is 0 Å². The second-order valence-corrected chi connectivity index (χ2v) is 3.95. The Labute approximate surface area is 83.5 Å². The standard InChI is InChI=1S/C9H16N2OS/c1-4-11-6-9(5-10-11)7-12-8(2)13-3/h5-6,8H,4,7H2,1-3H3. The Morgan fingerprint density at radius 2 is 2.46 bits per heavy atom. The highest BCUT2D eigenvalue weighted by Crippen LogP contribution is 2.10. The predicted octanol–water partition coefficient (Wildman–Crippen LogP) is 2.13. The van der Waals surface area contributed by atoms with Crippen LogP contribution in [0.1, 0.15) is 19.4 Å². The van der Waals surface area contributed by atoms with Gasteiger partial charge in [-0.25, -0.2) is 0 Å². The zero-order valence-corrected chi connectivity index (χ0v) is 9.17. The molecule has 1 heterocycles. The molecule has 0 spiro atoms. The van der Waals surface area contributed by atoms with E-state index in [9.17, 15) is 0 Å². The van der Waals surface area contributed by atoms with Gasteiger partial charge in [0.2, 0.25) is 0 Å². The van der Waals surface area contributed by atoms with Gasteiger partial charge in [0.1, 0.15) is 5.44 Å². The first-order valence-corrected chi connectivity index (χ1v) is 5.70. The molecule has 0 aromatic carbocycles. The molecule has 1 unspecified atom stereocenters. The van der Waals surface area contributed by atoms with E-state index in [1.807, 2.05) is 23.3 Å². The van der Waals surface area contributed by atoms with Crippen molar-refractivity contribution in [3.05, 3.63) is 18.0 Å². The van der Waals surface area contributed by atoms with Crippen LogP contribution < -0.4 is 0 Å². The Morgan fingerprint density at radius 1 is 1.69 bits per heavy atom. The number of aromatic nitrogens is 2. The Hall–Kier alpha value is -0.480. The van der Waals surface area contributed by atoms with Gasteiger partial charge in [-0.2, -0.15) is 5.10 Å². The molecule has 0 bridgehead atoms. The van der Waals surface area contributed by atoms with Crippen molar-refractivity contribution in [1.82, 2.24) is 9.78 Å². The maximum atomic E-state index is 5.54. The topological polar surface area (TPSA) is 27.1 Å². The van der Waals surface area contributed by atoms with Crippen LogP contribution in [0.3, 0.4) is 0 Å². The number of thioether (sulfide) groups is 1. The van der Waals surface area contributed by atoms with Gasteiger partial charge in [0.05, 0.1) is 12.8 Å². The van der Waals surface area contributed by atoms with E-state index in [-0.39, 0.29) is 5.44 Å². The smallest absolute Gasteiger partial charge is 0.100 e. The van der Waals surface area contributed by atoms with Gasteiger partial charge in [-0.3, -0.25) is 4.68 Å². The van der Waals surface area contributed by atoms with Crippen molar-refractivity contribution in [2.45, 2.75) is 32.4 Å². The third-order valence-electron chi connectivity index (χ3n) is 1.83. The number of nitrogens with zero attached hydrogens (tertiary/aromatic N) is 2. The van der Waals surface area contributed by atoms with Gasteiger partial charge in [0.15, 0.2) is 0 Å². The zero-order chi connectivity index (χ0) is 9.68. The van der Waals surface area contributed by atoms with Crippen LogP contribution in [0.15, 0.2) is 12.4 Å². The quantitative estimate of drug-likeness (QED) is 0.681. The third kappa shape index (κ3) is 3.40. The van der Waals surface area contributed by atoms with E-state index in [1.165, 1.54) is 0 Å². The Balaban J connectivity index is 2.36. The average molecular weight is 200 g/mol. The normalized spacial score (nSPS) is 13.2. The summed E-state index contributed by atoms with van der Waals surface area (Å²) in [4.78, 5) is 0. The molecule has 0 saturated carbocycles. The third-order valence-corrected chi connectivity index (χ3v) is 2.63. The maximum absolute atomic E-state index is 5.54. The monoisotopic (exact) mass is 200 g/mol. The van der Waals surface area contributed by atoms with Crippen molar-refractivity contribution in [3.8, 4) is 0 Å². The fourth-order valence-corrected chi connectivity index (χ4v) is 1.14. The molecule has 0 saturated heterocycles. The summed E-state index contributed by atoms with van der Waals surface area (Å²) in [7, 11) is 0. The van der Waals surface area contributed by atoms with Crippen LogP contribution in [0.2, 0.25) is 0 Å². The molecule has 0 N–H and O–H groups in total. The predicted molar refractivity (Wildman–Crippen MR) is 55.7 cm³/mol. The van der Waals surface area contributed by atoms with Crippen LogP contribution in [0.4, 0.5) is 0 Å². The highest BCUT2D eigenvalue weighted by Gasteiger charge is 2.01. The molecular formula is C9H16N2OS. The molecule has 0 fully saturated rings. The van der Waals surface area contributed by atoms with Gasteiger partial charge < -0.3 is 4.74 Å². The number of rotatable bonds is 5. The molecule has 1 aromatic heterocycles. The lowest BCUT2D eigenvalue weighted by molar-refractivity contribution is 0.110. The first kappa shape index (κ1) is 10.6. The molecule has 0 amide bonds. The van der Waals surface area contributed by atoms with E-state index in [4.69, 9.17) is 4.74 Å². The fourth-order valence-electron chi connectivity index (χ4n) is 0.935. The van der Waals surface area contributed by atoms with Crippen LogP contribution >= 0.6 is 11.8 Å². The molecule has 0 aliphatic carbocycles. The van der Waals surface area contributed by atoms with Crippen LogP contribution in [0, 0.1) is 0 Å². The zero-order valence-electron chi connectivity index (χ0n) is 8.36. The fraction of sp³-hybridized carbons (Fsp3) is 0.667. The summed E-state index contributed by atoms with van der Waals surface area (Å²) in [5, 5.41) is 4.17. The number of hydrogen-bond acceptors (Lipinski definition) is 3. The van der Waals surface area contributed by atoms with E-state index in [0.717, 1.165) is 12.1 Å². The number of ether oxygens (including phenoxy) is 1. The molecule has 0 aliphatic heterocycles. The maximum Gasteiger partial charge on any atom is 0.100 e. The molecule has 13 heavy (non-hydrogen) atoms. The number of hydrogen-bond donors (Lipinski definition) is 0. The molecular weight excluding hydrogens is 184 g/mol. The highest BCUT2D eigenvalue weighted by molar-refractivity contribution is 7.99. The average Bonchev–Trinajstić information content (AvgIpc) is 2.61. The van der Waals surface area contributed by atoms with Gasteiger partial charge in [-0.1, -0.05) is 0 Å². The molecule has 0 aliphatic rings. The van der Waals surface area contributed by atoms with Gasteiger partial charge in [-0.15, -0.1) is 11.8 Å². The molecule has 74 valence electrons. The largest absolute Gasteiger partial charge is 0.363 e. The van der Waals surface area contributed by atoms with Gasteiger partial charge in [-0.05, 0) is 20.1 Å². The first-order chi connectivity index (χ1) is 6.26. The van der Waals surface area contributed by atoms with Crippen LogP contribution in [0.25, 0.3) is 0 Å². The van der Waals surface area contributed by atoms with Crippen molar-refractivity contribution >= 4 is 11.8 Å². The molecule has 4 heteroatoms. The van der Waals surface area contributed by atoms with Crippen molar-refractivity contribution in [2.75, 3.05) is 6.26 Å². The minimum Gasteiger partial charge on any atom is -0.363 e. The van der Waals surface area contributed by atoms with Crippen LogP contribution in [-0.4, -0.2) is 21.5 Å². The molecule has 1 atom stereocenters. The van der Waals surface area contributed by atoms with Crippen molar-refractivity contribution in [3.63, 3.8) is 0 Å². The molecule has 0 radical (unpaired) electrons. The lowest BCUT2D eigenvalue weighted by Gasteiger charge is -2.07. The van der Waals surface area contributed by atoms with Gasteiger partial charge in [0, 0.05) is 18.3 Å². The first-order valence-electron chi connectivity index (χ1n) is 4.42. The van der Waals surface area contributed by atoms with Gasteiger partial charge in [0.25, 0.3) is 0 Å². The lowest BCUT2D eigenvalue weighted by Crippen LogP contribution is -2.01. The number of aryl methyl sites for hydroxylation is 1. The Bertz CT molecular complexity index is 250. The summed E-state index contributed by atoms with van der Waals surface area (Å²) in [5.74, 6) is 0. The van der Waals surface area contributed by atoms with Crippen molar-refractivity contribution in [1.29, 1.82) is 0 Å². The minimum absolute atomic E-state index is 0.255.